The zero-order chi connectivity index (χ0) is 13.9. The Kier molecular flexibility index (Phi) is 8.84. The second-order valence-electron chi connectivity index (χ2n) is 5.32. The predicted octanol–water partition coefficient (Wildman–Crippen LogP) is 2.18. The van der Waals surface area contributed by atoms with E-state index in [0.29, 0.717) is 19.1 Å². The number of nitrogens with one attached hydrogen (secondary N) is 1. The summed E-state index contributed by atoms with van der Waals surface area (Å²) in [6.45, 7) is 8.71. The normalized spacial score (nSPS) is 20.4. The lowest BCUT2D eigenvalue weighted by atomic mass is 10.1. The Bertz CT molecular complexity index is 246. The van der Waals surface area contributed by atoms with Crippen molar-refractivity contribution in [3.63, 3.8) is 0 Å². The number of carbonyl (C=O) groups is 1. The Morgan fingerprint density at radius 2 is 2.05 bits per heavy atom. The predicted molar refractivity (Wildman–Crippen MR) is 78.2 cm³/mol. The van der Waals surface area contributed by atoms with Crippen molar-refractivity contribution in [2.24, 2.45) is 0 Å². The number of piperazine rings is 1. The lowest BCUT2D eigenvalue weighted by Crippen LogP contribution is -2.52. The molecule has 1 aliphatic rings. The molecule has 0 aromatic rings. The number of hydrogen-bond donors (Lipinski definition) is 1. The largest absolute Gasteiger partial charge is 0.466 e. The molecule has 0 saturated carbocycles. The lowest BCUT2D eigenvalue weighted by Gasteiger charge is -2.35. The van der Waals surface area contributed by atoms with Crippen LogP contribution in [0.5, 0.6) is 0 Å². The highest BCUT2D eigenvalue weighted by Gasteiger charge is 2.24. The molecule has 112 valence electrons. The number of hydrogen-bond acceptors (Lipinski definition) is 4. The van der Waals surface area contributed by atoms with Crippen LogP contribution in [0.3, 0.4) is 0 Å². The van der Waals surface area contributed by atoms with E-state index in [0.717, 1.165) is 26.2 Å². The number of nitrogens with zero attached hydrogens (tertiary/aromatic N) is 1. The smallest absolute Gasteiger partial charge is 0.307 e. The number of esters is 1. The summed E-state index contributed by atoms with van der Waals surface area (Å²) in [5.74, 6) is -0.0628. The summed E-state index contributed by atoms with van der Waals surface area (Å²) in [7, 11) is 0. The maximum absolute atomic E-state index is 11.6. The van der Waals surface area contributed by atoms with Crippen molar-refractivity contribution in [2.75, 3.05) is 32.8 Å². The summed E-state index contributed by atoms with van der Waals surface area (Å²) in [5, 5.41) is 3.37. The first-order valence-corrected chi connectivity index (χ1v) is 7.88. The Morgan fingerprint density at radius 1 is 1.26 bits per heavy atom. The van der Waals surface area contributed by atoms with Crippen molar-refractivity contribution in [1.29, 1.82) is 0 Å². The van der Waals surface area contributed by atoms with Gasteiger partial charge in [-0.2, -0.15) is 0 Å². The third-order valence-electron chi connectivity index (χ3n) is 3.73. The van der Waals surface area contributed by atoms with Crippen molar-refractivity contribution in [3.8, 4) is 0 Å². The van der Waals surface area contributed by atoms with Gasteiger partial charge in [0.05, 0.1) is 13.0 Å². The highest BCUT2D eigenvalue weighted by Crippen LogP contribution is 2.11. The van der Waals surface area contributed by atoms with Gasteiger partial charge in [0, 0.05) is 25.7 Å². The first kappa shape index (κ1) is 16.4. The number of ether oxygens (including phenoxy) is 1. The van der Waals surface area contributed by atoms with Crippen LogP contribution in [0.15, 0.2) is 0 Å². The van der Waals surface area contributed by atoms with Gasteiger partial charge in [-0.05, 0) is 19.9 Å². The molecule has 1 heterocycles. The van der Waals surface area contributed by atoms with Gasteiger partial charge in [-0.15, -0.1) is 0 Å². The molecule has 4 heteroatoms. The van der Waals surface area contributed by atoms with Gasteiger partial charge in [0.15, 0.2) is 0 Å². The van der Waals surface area contributed by atoms with E-state index in [9.17, 15) is 4.79 Å². The monoisotopic (exact) mass is 270 g/mol. The van der Waals surface area contributed by atoms with Gasteiger partial charge in [-0.1, -0.05) is 32.6 Å². The zero-order valence-corrected chi connectivity index (χ0v) is 12.6. The van der Waals surface area contributed by atoms with Crippen molar-refractivity contribution in [2.45, 2.75) is 58.4 Å². The van der Waals surface area contributed by atoms with E-state index >= 15 is 0 Å². The molecule has 1 N–H and O–H groups in total. The van der Waals surface area contributed by atoms with Crippen LogP contribution in [-0.2, 0) is 9.53 Å². The molecule has 0 amide bonds. The van der Waals surface area contributed by atoms with Crippen LogP contribution in [0.4, 0.5) is 0 Å². The van der Waals surface area contributed by atoms with E-state index in [4.69, 9.17) is 4.74 Å². The molecule has 1 saturated heterocycles. The molecule has 0 aromatic heterocycles. The maximum atomic E-state index is 11.6. The minimum Gasteiger partial charge on any atom is -0.466 e. The molecule has 1 fully saturated rings. The van der Waals surface area contributed by atoms with Gasteiger partial charge in [0.25, 0.3) is 0 Å². The van der Waals surface area contributed by atoms with Crippen LogP contribution in [0.1, 0.15) is 52.4 Å². The van der Waals surface area contributed by atoms with Crippen molar-refractivity contribution < 1.29 is 9.53 Å². The Labute approximate surface area is 117 Å². The molecule has 19 heavy (non-hydrogen) atoms. The third-order valence-corrected chi connectivity index (χ3v) is 3.73. The van der Waals surface area contributed by atoms with Gasteiger partial charge in [0.1, 0.15) is 0 Å². The fourth-order valence-electron chi connectivity index (χ4n) is 2.63. The summed E-state index contributed by atoms with van der Waals surface area (Å²) >= 11 is 0. The molecule has 0 radical (unpaired) electrons. The quantitative estimate of drug-likeness (QED) is 0.515. The van der Waals surface area contributed by atoms with Gasteiger partial charge in [0.2, 0.25) is 0 Å². The molecule has 1 atom stereocenters. The highest BCUT2D eigenvalue weighted by molar-refractivity contribution is 5.70. The van der Waals surface area contributed by atoms with Gasteiger partial charge >= 0.3 is 5.97 Å². The second-order valence-corrected chi connectivity index (χ2v) is 5.32. The van der Waals surface area contributed by atoms with Gasteiger partial charge in [-0.25, -0.2) is 0 Å². The van der Waals surface area contributed by atoms with Crippen LogP contribution in [0, 0.1) is 0 Å². The SMILES string of the molecule is CCCCCCCN1CCNC[C@H]1CC(=O)OCC. The average molecular weight is 270 g/mol. The summed E-state index contributed by atoms with van der Waals surface area (Å²) in [4.78, 5) is 14.1. The number of unbranched alkanes of at least 4 members (excludes halogenated alkanes) is 4. The topological polar surface area (TPSA) is 41.6 Å². The molecule has 0 spiro atoms. The van der Waals surface area contributed by atoms with Gasteiger partial charge in [-0.3, -0.25) is 9.69 Å². The van der Waals surface area contributed by atoms with E-state index in [2.05, 4.69) is 17.1 Å². The minimum atomic E-state index is -0.0628. The van der Waals surface area contributed by atoms with Crippen LogP contribution >= 0.6 is 0 Å². The van der Waals surface area contributed by atoms with E-state index in [1.165, 1.54) is 32.1 Å². The Hall–Kier alpha value is -0.610. The fourth-order valence-corrected chi connectivity index (χ4v) is 2.63. The standard InChI is InChI=1S/C15H30N2O2/c1-3-5-6-7-8-10-17-11-9-16-13-14(17)12-15(18)19-4-2/h14,16H,3-13H2,1-2H3/t14-/m1/s1. The lowest BCUT2D eigenvalue weighted by molar-refractivity contribution is -0.144. The summed E-state index contributed by atoms with van der Waals surface area (Å²) < 4.78 is 5.06. The van der Waals surface area contributed by atoms with Crippen LogP contribution in [0.25, 0.3) is 0 Å². The van der Waals surface area contributed by atoms with Crippen molar-refractivity contribution in [3.05, 3.63) is 0 Å². The second kappa shape index (κ2) is 10.2. The molecule has 0 aliphatic carbocycles. The molecule has 4 nitrogen and oxygen atoms in total. The fraction of sp³-hybridized carbons (Fsp3) is 0.933. The van der Waals surface area contributed by atoms with E-state index in [1.807, 2.05) is 6.92 Å². The summed E-state index contributed by atoms with van der Waals surface area (Å²) in [6.07, 6.45) is 7.05. The van der Waals surface area contributed by atoms with Crippen LogP contribution < -0.4 is 5.32 Å². The average Bonchev–Trinajstić information content (AvgIpc) is 2.40. The first-order chi connectivity index (χ1) is 9.27. The van der Waals surface area contributed by atoms with E-state index in [-0.39, 0.29) is 5.97 Å². The molecular weight excluding hydrogens is 240 g/mol. The number of carbonyl (C=O) groups excluding carboxylic acids is 1. The molecule has 1 aliphatic heterocycles. The van der Waals surface area contributed by atoms with Crippen LogP contribution in [-0.4, -0.2) is 49.7 Å². The molecule has 0 bridgehead atoms. The third kappa shape index (κ3) is 6.92. The van der Waals surface area contributed by atoms with Crippen molar-refractivity contribution >= 4 is 5.97 Å². The van der Waals surface area contributed by atoms with E-state index in [1.54, 1.807) is 0 Å². The van der Waals surface area contributed by atoms with Crippen LogP contribution in [0.2, 0.25) is 0 Å². The molecule has 1 rings (SSSR count). The minimum absolute atomic E-state index is 0.0628. The molecule has 0 unspecified atom stereocenters. The van der Waals surface area contributed by atoms with E-state index < -0.39 is 0 Å². The van der Waals surface area contributed by atoms with Crippen molar-refractivity contribution in [1.82, 2.24) is 10.2 Å². The van der Waals surface area contributed by atoms with Gasteiger partial charge < -0.3 is 10.1 Å². The molecular formula is C15H30N2O2. The Balaban J connectivity index is 2.25. The first-order valence-electron chi connectivity index (χ1n) is 7.88. The highest BCUT2D eigenvalue weighted by atomic mass is 16.5. The molecule has 0 aromatic carbocycles. The maximum Gasteiger partial charge on any atom is 0.307 e. The Morgan fingerprint density at radius 3 is 2.79 bits per heavy atom. The summed E-state index contributed by atoms with van der Waals surface area (Å²) in [6, 6.07) is 0.318. The zero-order valence-electron chi connectivity index (χ0n) is 12.6. The number of rotatable bonds is 9. The summed E-state index contributed by atoms with van der Waals surface area (Å²) in [5.41, 5.74) is 0.